The summed E-state index contributed by atoms with van der Waals surface area (Å²) in [6.07, 6.45) is 0. The average Bonchev–Trinajstić information content (AvgIpc) is 3.67. The van der Waals surface area contributed by atoms with E-state index in [1.165, 1.54) is 76.9 Å². The van der Waals surface area contributed by atoms with Gasteiger partial charge in [-0.05, 0) is 82.9 Å². The molecule has 2 nitrogen and oxygen atoms in total. The predicted octanol–water partition coefficient (Wildman–Crippen LogP) is 12.4. The minimum absolute atomic E-state index is 1.14. The summed E-state index contributed by atoms with van der Waals surface area (Å²) in [4.78, 5) is 2.42. The van der Waals surface area contributed by atoms with E-state index in [-0.39, 0.29) is 0 Å². The molecule has 0 unspecified atom stereocenters. The minimum atomic E-state index is -1.86. The van der Waals surface area contributed by atoms with Gasteiger partial charge in [0.25, 0.3) is 0 Å². The zero-order valence-corrected chi connectivity index (χ0v) is 30.9. The van der Waals surface area contributed by atoms with E-state index in [2.05, 4.69) is 217 Å². The lowest BCUT2D eigenvalue weighted by atomic mass is 10.0. The van der Waals surface area contributed by atoms with Gasteiger partial charge in [-0.15, -0.1) is 0 Å². The van der Waals surface area contributed by atoms with E-state index >= 15 is 0 Å². The van der Waals surface area contributed by atoms with Gasteiger partial charge in [0.2, 0.25) is 0 Å². The van der Waals surface area contributed by atoms with Gasteiger partial charge in [-0.25, -0.2) is 0 Å². The largest absolute Gasteiger partial charge is 0.311 e. The highest BCUT2D eigenvalue weighted by Gasteiger charge is 2.27. The molecule has 0 amide bonds. The first-order valence-corrected chi connectivity index (χ1v) is 21.4. The number of aromatic nitrogens is 1. The van der Waals surface area contributed by atoms with E-state index in [9.17, 15) is 0 Å². The first kappa shape index (κ1) is 31.3. The molecule has 0 radical (unpaired) electrons. The fourth-order valence-corrected chi connectivity index (χ4v) is 11.6. The van der Waals surface area contributed by atoms with Crippen LogP contribution >= 0.6 is 0 Å². The summed E-state index contributed by atoms with van der Waals surface area (Å²) in [6.45, 7) is 4.98. The van der Waals surface area contributed by atoms with Crippen molar-refractivity contribution in [2.24, 2.45) is 0 Å². The molecule has 0 atom stereocenters. The Labute approximate surface area is 311 Å². The van der Waals surface area contributed by atoms with Crippen LogP contribution < -0.4 is 15.3 Å². The van der Waals surface area contributed by atoms with Crippen LogP contribution in [0, 0.1) is 0 Å². The third-order valence-electron chi connectivity index (χ3n) is 11.2. The molecular formula is C50H38N2Si-. The zero-order chi connectivity index (χ0) is 35.5. The Balaban J connectivity index is 1.07. The van der Waals surface area contributed by atoms with Gasteiger partial charge in [0.05, 0.1) is 11.0 Å². The number of nitrogens with zero attached hydrogens (tertiary/aromatic N) is 2. The Morgan fingerprint density at radius 2 is 0.906 bits per heavy atom. The quantitative estimate of drug-likeness (QED) is 0.157. The smallest absolute Gasteiger partial charge is 0.0541 e. The standard InChI is InChI=1S/C50H38N2Si/c1-53(2)49-20-12-10-18-44(49)45-31-30-42(34-50(45)53)51(40-26-21-36(22-27-40)35-13-5-3-6-14-35)41-28-23-37(24-29-41)38-25-32-48-46(33-38)43-17-9-11-19-47(43)52(48)39-15-7-4-8-16-39/h3-34H,1-2H3/q-1. The lowest BCUT2D eigenvalue weighted by Gasteiger charge is -2.34. The molecule has 0 N–H and O–H groups in total. The molecule has 8 aromatic carbocycles. The Morgan fingerprint density at radius 3 is 1.64 bits per heavy atom. The predicted molar refractivity (Wildman–Crippen MR) is 229 cm³/mol. The summed E-state index contributed by atoms with van der Waals surface area (Å²) in [5, 5.41) is 5.55. The second kappa shape index (κ2) is 12.4. The van der Waals surface area contributed by atoms with Gasteiger partial charge in [0.1, 0.15) is 0 Å². The van der Waals surface area contributed by atoms with Gasteiger partial charge in [-0.2, -0.15) is 23.5 Å². The molecule has 0 fully saturated rings. The fourth-order valence-electron chi connectivity index (χ4n) is 8.52. The summed E-state index contributed by atoms with van der Waals surface area (Å²) in [5.74, 6) is 0. The SMILES string of the molecule is C[Si-]1(C)c2ccccc2-c2ccc(N(c3ccc(-c4ccccc4)cc3)c3ccc(-c4ccc5c(c4)c4ccccc4n5-c4ccccc4)cc3)cc21. The van der Waals surface area contributed by atoms with E-state index in [0.717, 1.165) is 11.4 Å². The number of fused-ring (bicyclic) bond motifs is 6. The third-order valence-corrected chi connectivity index (χ3v) is 14.7. The molecule has 9 aromatic rings. The second-order valence-electron chi connectivity index (χ2n) is 14.6. The Hall–Kier alpha value is -6.42. The zero-order valence-electron chi connectivity index (χ0n) is 29.9. The molecule has 1 aliphatic heterocycles. The Bertz CT molecular complexity index is 2780. The second-order valence-corrected chi connectivity index (χ2v) is 18.9. The van der Waals surface area contributed by atoms with Crippen LogP contribution in [0.2, 0.25) is 13.1 Å². The normalized spacial score (nSPS) is 12.9. The van der Waals surface area contributed by atoms with Gasteiger partial charge in [-0.1, -0.05) is 153 Å². The highest BCUT2D eigenvalue weighted by Crippen LogP contribution is 2.40. The number of rotatable bonds is 6. The molecule has 0 aliphatic carbocycles. The monoisotopic (exact) mass is 694 g/mol. The average molecular weight is 695 g/mol. The van der Waals surface area contributed by atoms with Crippen molar-refractivity contribution in [1.82, 2.24) is 4.57 Å². The molecule has 0 saturated heterocycles. The molecule has 253 valence electrons. The van der Waals surface area contributed by atoms with Gasteiger partial charge < -0.3 is 9.47 Å². The number of hydrogen-bond donors (Lipinski definition) is 0. The van der Waals surface area contributed by atoms with E-state index in [1.807, 2.05) is 0 Å². The summed E-state index contributed by atoms with van der Waals surface area (Å²) >= 11 is 0. The van der Waals surface area contributed by atoms with Crippen molar-refractivity contribution in [3.63, 3.8) is 0 Å². The van der Waals surface area contributed by atoms with Crippen molar-refractivity contribution in [1.29, 1.82) is 0 Å². The fraction of sp³-hybridized carbons (Fsp3) is 0.0400. The molecule has 0 spiro atoms. The van der Waals surface area contributed by atoms with Crippen LogP contribution in [0.4, 0.5) is 17.1 Å². The maximum Gasteiger partial charge on any atom is 0.0541 e. The molecule has 0 bridgehead atoms. The van der Waals surface area contributed by atoms with E-state index in [4.69, 9.17) is 0 Å². The molecule has 0 saturated carbocycles. The highest BCUT2D eigenvalue weighted by molar-refractivity contribution is 7.03. The molecule has 53 heavy (non-hydrogen) atoms. The Morgan fingerprint density at radius 1 is 0.377 bits per heavy atom. The first-order chi connectivity index (χ1) is 26.0. The molecular weight excluding hydrogens is 657 g/mol. The van der Waals surface area contributed by atoms with Crippen molar-refractivity contribution in [2.45, 2.75) is 13.1 Å². The van der Waals surface area contributed by atoms with E-state index < -0.39 is 8.07 Å². The van der Waals surface area contributed by atoms with Gasteiger partial charge in [0, 0.05) is 33.5 Å². The molecule has 3 heteroatoms. The summed E-state index contributed by atoms with van der Waals surface area (Å²) in [5.41, 5.74) is 14.7. The third kappa shape index (κ3) is 5.15. The van der Waals surface area contributed by atoms with Gasteiger partial charge in [-0.3, -0.25) is 0 Å². The van der Waals surface area contributed by atoms with Crippen LogP contribution in [-0.4, -0.2) is 12.6 Å². The van der Waals surface area contributed by atoms with Gasteiger partial charge >= 0.3 is 0 Å². The first-order valence-electron chi connectivity index (χ1n) is 18.4. The lowest BCUT2D eigenvalue weighted by molar-refractivity contribution is 1.18. The topological polar surface area (TPSA) is 8.17 Å². The van der Waals surface area contributed by atoms with Crippen molar-refractivity contribution in [3.05, 3.63) is 194 Å². The molecule has 10 rings (SSSR count). The van der Waals surface area contributed by atoms with Crippen LogP contribution in [0.15, 0.2) is 194 Å². The number of para-hydroxylation sites is 2. The van der Waals surface area contributed by atoms with Crippen molar-refractivity contribution in [3.8, 4) is 39.1 Å². The number of hydrogen-bond acceptors (Lipinski definition) is 1. The van der Waals surface area contributed by atoms with Crippen LogP contribution in [0.5, 0.6) is 0 Å². The molecule has 1 aliphatic rings. The van der Waals surface area contributed by atoms with Crippen molar-refractivity contribution < 1.29 is 0 Å². The van der Waals surface area contributed by atoms with E-state index in [0.29, 0.717) is 0 Å². The summed E-state index contributed by atoms with van der Waals surface area (Å²) < 4.78 is 2.37. The van der Waals surface area contributed by atoms with Crippen LogP contribution in [0.3, 0.4) is 0 Å². The van der Waals surface area contributed by atoms with Crippen LogP contribution in [0.1, 0.15) is 0 Å². The summed E-state index contributed by atoms with van der Waals surface area (Å²) in [7, 11) is -1.86. The molecule has 1 aromatic heterocycles. The van der Waals surface area contributed by atoms with Gasteiger partial charge in [0.15, 0.2) is 0 Å². The minimum Gasteiger partial charge on any atom is -0.311 e. The maximum atomic E-state index is 2.49. The maximum absolute atomic E-state index is 2.49. The van der Waals surface area contributed by atoms with E-state index in [1.54, 1.807) is 0 Å². The Kier molecular flexibility index (Phi) is 7.31. The van der Waals surface area contributed by atoms with Crippen molar-refractivity contribution >= 4 is 57.3 Å². The number of benzene rings is 8. The summed E-state index contributed by atoms with van der Waals surface area (Å²) in [6, 6.07) is 71.2. The molecule has 2 heterocycles. The van der Waals surface area contributed by atoms with Crippen LogP contribution in [-0.2, 0) is 0 Å². The van der Waals surface area contributed by atoms with Crippen LogP contribution in [0.25, 0.3) is 60.9 Å². The lowest BCUT2D eigenvalue weighted by Crippen LogP contribution is -2.49. The number of anilines is 3. The highest BCUT2D eigenvalue weighted by atomic mass is 28.3. The van der Waals surface area contributed by atoms with Crippen molar-refractivity contribution in [2.75, 3.05) is 4.90 Å².